The molecule has 4 N–H and O–H groups in total. The molecule has 174 valence electrons. The lowest BCUT2D eigenvalue weighted by molar-refractivity contribution is 0.0600. The van der Waals surface area contributed by atoms with Gasteiger partial charge < -0.3 is 16.2 Å². The minimum atomic E-state index is -0.334. The molecule has 0 atom stereocenters. The molecule has 0 aliphatic heterocycles. The molecule has 33 heavy (non-hydrogen) atoms. The van der Waals surface area contributed by atoms with Gasteiger partial charge in [-0.1, -0.05) is 44.2 Å². The maximum atomic E-state index is 11.9. The first-order valence-corrected chi connectivity index (χ1v) is 12.2. The number of carbonyl (C=O) groups is 1. The van der Waals surface area contributed by atoms with Crippen molar-refractivity contribution in [2.24, 2.45) is 17.4 Å². The van der Waals surface area contributed by atoms with Crippen LogP contribution in [-0.4, -0.2) is 18.1 Å². The summed E-state index contributed by atoms with van der Waals surface area (Å²) in [5.74, 6) is 0.863. The standard InChI is InChI=1S/C27H33N3O2S/c1-17(2)12-25-23(15-29)26(20-10-8-19(14-28)9-11-20)24(18(3)30-25)16-33-22-7-5-6-21(13-22)27(31)32-4/h5-11,13,17H,12,14-16,28-29H2,1-4H3. The Bertz CT molecular complexity index is 1110. The van der Waals surface area contributed by atoms with Gasteiger partial charge in [-0.25, -0.2) is 4.79 Å². The summed E-state index contributed by atoms with van der Waals surface area (Å²) in [5, 5.41) is 0. The summed E-state index contributed by atoms with van der Waals surface area (Å²) in [5.41, 5.74) is 20.4. The van der Waals surface area contributed by atoms with Crippen molar-refractivity contribution in [1.29, 1.82) is 0 Å². The van der Waals surface area contributed by atoms with Gasteiger partial charge in [0.2, 0.25) is 0 Å². The summed E-state index contributed by atoms with van der Waals surface area (Å²) in [6, 6.07) is 15.9. The van der Waals surface area contributed by atoms with Crippen molar-refractivity contribution < 1.29 is 9.53 Å². The smallest absolute Gasteiger partial charge is 0.337 e. The molecule has 1 aromatic heterocycles. The number of rotatable bonds is 9. The number of aryl methyl sites for hydroxylation is 1. The third kappa shape index (κ3) is 6.02. The van der Waals surface area contributed by atoms with Crippen LogP contribution in [0.15, 0.2) is 53.4 Å². The number of methoxy groups -OCH3 is 1. The number of nitrogens with zero attached hydrogens (tertiary/aromatic N) is 1. The highest BCUT2D eigenvalue weighted by Gasteiger charge is 2.19. The van der Waals surface area contributed by atoms with Gasteiger partial charge in [-0.2, -0.15) is 0 Å². The summed E-state index contributed by atoms with van der Waals surface area (Å²) >= 11 is 1.68. The maximum Gasteiger partial charge on any atom is 0.337 e. The van der Waals surface area contributed by atoms with Crippen LogP contribution in [0.4, 0.5) is 0 Å². The summed E-state index contributed by atoms with van der Waals surface area (Å²) in [4.78, 5) is 17.9. The van der Waals surface area contributed by atoms with E-state index in [1.165, 1.54) is 12.7 Å². The van der Waals surface area contributed by atoms with Crippen LogP contribution >= 0.6 is 11.8 Å². The molecule has 0 saturated carbocycles. The van der Waals surface area contributed by atoms with E-state index in [0.717, 1.165) is 45.0 Å². The van der Waals surface area contributed by atoms with Crippen molar-refractivity contribution >= 4 is 17.7 Å². The van der Waals surface area contributed by atoms with E-state index in [2.05, 4.69) is 45.0 Å². The second-order valence-electron chi connectivity index (χ2n) is 8.49. The first kappa shape index (κ1) is 25.0. The van der Waals surface area contributed by atoms with E-state index in [4.69, 9.17) is 21.2 Å². The second kappa shape index (κ2) is 11.5. The van der Waals surface area contributed by atoms with Crippen molar-refractivity contribution in [3.05, 3.63) is 82.2 Å². The lowest BCUT2D eigenvalue weighted by atomic mass is 9.90. The molecule has 0 aliphatic carbocycles. The fourth-order valence-corrected chi connectivity index (χ4v) is 4.99. The number of thioether (sulfide) groups is 1. The van der Waals surface area contributed by atoms with Gasteiger partial charge in [0.05, 0.1) is 12.7 Å². The van der Waals surface area contributed by atoms with Crippen LogP contribution in [0.1, 0.15) is 52.3 Å². The molecule has 0 radical (unpaired) electrons. The molecule has 3 rings (SSSR count). The third-order valence-electron chi connectivity index (χ3n) is 5.61. The molecular weight excluding hydrogens is 430 g/mol. The van der Waals surface area contributed by atoms with Crippen LogP contribution in [0.25, 0.3) is 11.1 Å². The monoisotopic (exact) mass is 463 g/mol. The van der Waals surface area contributed by atoms with Gasteiger partial charge in [0.15, 0.2) is 0 Å². The average Bonchev–Trinajstić information content (AvgIpc) is 2.82. The highest BCUT2D eigenvalue weighted by molar-refractivity contribution is 7.98. The summed E-state index contributed by atoms with van der Waals surface area (Å²) < 4.78 is 4.86. The van der Waals surface area contributed by atoms with Crippen LogP contribution < -0.4 is 11.5 Å². The van der Waals surface area contributed by atoms with Gasteiger partial charge in [-0.15, -0.1) is 11.8 Å². The number of carbonyl (C=O) groups excluding carboxylic acids is 1. The van der Waals surface area contributed by atoms with E-state index < -0.39 is 0 Å². The van der Waals surface area contributed by atoms with Crippen LogP contribution in [0.5, 0.6) is 0 Å². The minimum Gasteiger partial charge on any atom is -0.465 e. The van der Waals surface area contributed by atoms with E-state index in [1.54, 1.807) is 17.8 Å². The van der Waals surface area contributed by atoms with Gasteiger partial charge in [-0.3, -0.25) is 4.98 Å². The molecule has 3 aromatic rings. The van der Waals surface area contributed by atoms with Gasteiger partial charge in [0, 0.05) is 35.1 Å². The van der Waals surface area contributed by atoms with Gasteiger partial charge in [0.1, 0.15) is 0 Å². The molecule has 1 heterocycles. The van der Waals surface area contributed by atoms with E-state index >= 15 is 0 Å². The number of pyridine rings is 1. The molecule has 0 fully saturated rings. The van der Waals surface area contributed by atoms with Crippen molar-refractivity contribution in [2.75, 3.05) is 7.11 Å². The fourth-order valence-electron chi connectivity index (χ4n) is 3.94. The van der Waals surface area contributed by atoms with Gasteiger partial charge in [0.25, 0.3) is 0 Å². The molecule has 0 aliphatic rings. The highest BCUT2D eigenvalue weighted by atomic mass is 32.2. The van der Waals surface area contributed by atoms with E-state index in [-0.39, 0.29) is 5.97 Å². The normalized spacial score (nSPS) is 11.1. The number of hydrogen-bond donors (Lipinski definition) is 2. The van der Waals surface area contributed by atoms with Crippen LogP contribution in [0.2, 0.25) is 0 Å². The quantitative estimate of drug-likeness (QED) is 0.333. The lowest BCUT2D eigenvalue weighted by Gasteiger charge is -2.21. The van der Waals surface area contributed by atoms with Crippen molar-refractivity contribution in [3.63, 3.8) is 0 Å². The molecule has 5 nitrogen and oxygen atoms in total. The number of ether oxygens (including phenoxy) is 1. The Morgan fingerprint density at radius 2 is 1.79 bits per heavy atom. The van der Waals surface area contributed by atoms with Crippen molar-refractivity contribution in [3.8, 4) is 11.1 Å². The van der Waals surface area contributed by atoms with Crippen molar-refractivity contribution in [1.82, 2.24) is 4.98 Å². The van der Waals surface area contributed by atoms with Gasteiger partial charge in [-0.05, 0) is 65.3 Å². The SMILES string of the molecule is COC(=O)c1cccc(SCc2c(C)nc(CC(C)C)c(CN)c2-c2ccc(CN)cc2)c1. The Morgan fingerprint density at radius 3 is 2.39 bits per heavy atom. The molecule has 2 aromatic carbocycles. The fraction of sp³-hybridized carbons (Fsp3) is 0.333. The summed E-state index contributed by atoms with van der Waals surface area (Å²) in [6.07, 6.45) is 0.885. The molecule has 0 amide bonds. The second-order valence-corrected chi connectivity index (χ2v) is 9.54. The minimum absolute atomic E-state index is 0.334. The van der Waals surface area contributed by atoms with Gasteiger partial charge >= 0.3 is 5.97 Å². The van der Waals surface area contributed by atoms with Crippen LogP contribution in [0, 0.1) is 12.8 Å². The zero-order chi connectivity index (χ0) is 24.0. The predicted molar refractivity (Wildman–Crippen MR) is 136 cm³/mol. The highest BCUT2D eigenvalue weighted by Crippen LogP contribution is 2.36. The Kier molecular flexibility index (Phi) is 8.67. The Hall–Kier alpha value is -2.67. The molecule has 0 spiro atoms. The predicted octanol–water partition coefficient (Wildman–Crippen LogP) is 5.25. The van der Waals surface area contributed by atoms with Crippen molar-refractivity contribution in [2.45, 2.75) is 50.9 Å². The topological polar surface area (TPSA) is 91.2 Å². The molecule has 0 saturated heterocycles. The van der Waals surface area contributed by atoms with E-state index in [9.17, 15) is 4.79 Å². The number of nitrogens with two attached hydrogens (primary N) is 2. The maximum absolute atomic E-state index is 11.9. The largest absolute Gasteiger partial charge is 0.465 e. The zero-order valence-electron chi connectivity index (χ0n) is 19.9. The molecular formula is C27H33N3O2S. The number of benzene rings is 2. The number of hydrogen-bond acceptors (Lipinski definition) is 6. The Morgan fingerprint density at radius 1 is 1.06 bits per heavy atom. The van der Waals surface area contributed by atoms with Crippen LogP contribution in [-0.2, 0) is 30.0 Å². The Balaban J connectivity index is 2.06. The summed E-state index contributed by atoms with van der Waals surface area (Å²) in [6.45, 7) is 7.41. The van der Waals surface area contributed by atoms with E-state index in [1.807, 2.05) is 18.2 Å². The lowest BCUT2D eigenvalue weighted by Crippen LogP contribution is -2.13. The number of esters is 1. The van der Waals surface area contributed by atoms with Crippen LogP contribution in [0.3, 0.4) is 0 Å². The average molecular weight is 464 g/mol. The Labute approximate surface area is 200 Å². The number of aromatic nitrogens is 1. The molecule has 0 bridgehead atoms. The first-order valence-electron chi connectivity index (χ1n) is 11.2. The zero-order valence-corrected chi connectivity index (χ0v) is 20.7. The summed E-state index contributed by atoms with van der Waals surface area (Å²) in [7, 11) is 1.40. The molecule has 6 heteroatoms. The third-order valence-corrected chi connectivity index (χ3v) is 6.63. The van der Waals surface area contributed by atoms with E-state index in [0.29, 0.717) is 30.3 Å². The molecule has 0 unspecified atom stereocenters. The first-order chi connectivity index (χ1) is 15.9.